The fourth-order valence-electron chi connectivity index (χ4n) is 1.90. The van der Waals surface area contributed by atoms with Crippen molar-refractivity contribution in [3.63, 3.8) is 0 Å². The molecule has 0 aliphatic rings. The molecule has 0 atom stereocenters. The molecule has 0 spiro atoms. The lowest BCUT2D eigenvalue weighted by atomic mass is 10.0. The first-order valence-electron chi connectivity index (χ1n) is 6.41. The standard InChI is InChI=1S/C16H19NO2/c1-12(2)15-6-4-5-7-16(15)19-11-13-10-14(18-3)8-9-17-13/h4-10,12H,11H2,1-3H3. The van der Waals surface area contributed by atoms with Crippen LogP contribution in [0.15, 0.2) is 42.6 Å². The molecular weight excluding hydrogens is 238 g/mol. The van der Waals surface area contributed by atoms with Crippen molar-refractivity contribution < 1.29 is 9.47 Å². The molecule has 1 aromatic carbocycles. The number of hydrogen-bond donors (Lipinski definition) is 0. The average Bonchev–Trinajstić information content (AvgIpc) is 2.45. The maximum atomic E-state index is 5.87. The monoisotopic (exact) mass is 257 g/mol. The van der Waals surface area contributed by atoms with E-state index in [-0.39, 0.29) is 0 Å². The summed E-state index contributed by atoms with van der Waals surface area (Å²) in [5.41, 5.74) is 2.07. The fraction of sp³-hybridized carbons (Fsp3) is 0.312. The van der Waals surface area contributed by atoms with Crippen molar-refractivity contribution in [1.82, 2.24) is 4.98 Å². The highest BCUT2D eigenvalue weighted by atomic mass is 16.5. The van der Waals surface area contributed by atoms with Gasteiger partial charge in [-0.2, -0.15) is 0 Å². The Morgan fingerprint density at radius 1 is 1.16 bits per heavy atom. The Morgan fingerprint density at radius 3 is 2.68 bits per heavy atom. The number of hydrogen-bond acceptors (Lipinski definition) is 3. The van der Waals surface area contributed by atoms with Crippen LogP contribution in [-0.2, 0) is 6.61 Å². The van der Waals surface area contributed by atoms with Crippen molar-refractivity contribution in [1.29, 1.82) is 0 Å². The zero-order valence-electron chi connectivity index (χ0n) is 11.6. The molecule has 100 valence electrons. The second kappa shape index (κ2) is 6.23. The van der Waals surface area contributed by atoms with Crippen LogP contribution >= 0.6 is 0 Å². The molecule has 0 amide bonds. The molecule has 0 saturated carbocycles. The number of methoxy groups -OCH3 is 1. The lowest BCUT2D eigenvalue weighted by Crippen LogP contribution is -2.01. The van der Waals surface area contributed by atoms with Crippen LogP contribution in [0.4, 0.5) is 0 Å². The van der Waals surface area contributed by atoms with E-state index in [1.807, 2.05) is 30.3 Å². The lowest BCUT2D eigenvalue weighted by Gasteiger charge is -2.13. The van der Waals surface area contributed by atoms with E-state index in [9.17, 15) is 0 Å². The topological polar surface area (TPSA) is 31.4 Å². The highest BCUT2D eigenvalue weighted by molar-refractivity contribution is 5.35. The van der Waals surface area contributed by atoms with Crippen LogP contribution in [0.5, 0.6) is 11.5 Å². The zero-order valence-corrected chi connectivity index (χ0v) is 11.6. The van der Waals surface area contributed by atoms with E-state index in [4.69, 9.17) is 9.47 Å². The van der Waals surface area contributed by atoms with Crippen molar-refractivity contribution in [3.05, 3.63) is 53.9 Å². The summed E-state index contributed by atoms with van der Waals surface area (Å²) in [5.74, 6) is 2.15. The molecule has 0 N–H and O–H groups in total. The van der Waals surface area contributed by atoms with Crippen molar-refractivity contribution in [2.24, 2.45) is 0 Å². The summed E-state index contributed by atoms with van der Waals surface area (Å²) in [5, 5.41) is 0. The Bertz CT molecular complexity index is 538. The second-order valence-corrected chi connectivity index (χ2v) is 4.67. The minimum atomic E-state index is 0.439. The van der Waals surface area contributed by atoms with Crippen molar-refractivity contribution in [2.45, 2.75) is 26.4 Å². The summed E-state index contributed by atoms with van der Waals surface area (Å²) in [6.07, 6.45) is 1.73. The lowest BCUT2D eigenvalue weighted by molar-refractivity contribution is 0.296. The predicted molar refractivity (Wildman–Crippen MR) is 75.7 cm³/mol. The molecule has 0 fully saturated rings. The van der Waals surface area contributed by atoms with Gasteiger partial charge in [-0.3, -0.25) is 4.98 Å². The maximum absolute atomic E-state index is 5.87. The van der Waals surface area contributed by atoms with Gasteiger partial charge in [0.1, 0.15) is 18.1 Å². The molecule has 19 heavy (non-hydrogen) atoms. The number of aromatic nitrogens is 1. The number of pyridine rings is 1. The van der Waals surface area contributed by atoms with Crippen molar-refractivity contribution in [3.8, 4) is 11.5 Å². The third-order valence-corrected chi connectivity index (χ3v) is 2.94. The summed E-state index contributed by atoms with van der Waals surface area (Å²) in [6.45, 7) is 4.76. The van der Waals surface area contributed by atoms with Gasteiger partial charge in [0.2, 0.25) is 0 Å². The molecule has 0 aliphatic carbocycles. The van der Waals surface area contributed by atoms with Gasteiger partial charge in [0.15, 0.2) is 0 Å². The summed E-state index contributed by atoms with van der Waals surface area (Å²) in [4.78, 5) is 4.27. The van der Waals surface area contributed by atoms with Crippen LogP contribution in [-0.4, -0.2) is 12.1 Å². The molecule has 0 aliphatic heterocycles. The second-order valence-electron chi connectivity index (χ2n) is 4.67. The summed E-state index contributed by atoms with van der Waals surface area (Å²) >= 11 is 0. The molecule has 1 heterocycles. The SMILES string of the molecule is COc1ccnc(COc2ccccc2C(C)C)c1. The molecule has 1 aromatic heterocycles. The highest BCUT2D eigenvalue weighted by Gasteiger charge is 2.07. The Morgan fingerprint density at radius 2 is 1.95 bits per heavy atom. The van der Waals surface area contributed by atoms with Gasteiger partial charge < -0.3 is 9.47 Å². The molecule has 0 saturated heterocycles. The number of nitrogens with zero attached hydrogens (tertiary/aromatic N) is 1. The Balaban J connectivity index is 2.10. The molecule has 0 bridgehead atoms. The molecule has 0 unspecified atom stereocenters. The smallest absolute Gasteiger partial charge is 0.130 e. The van der Waals surface area contributed by atoms with E-state index in [1.54, 1.807) is 13.3 Å². The zero-order chi connectivity index (χ0) is 13.7. The first-order chi connectivity index (χ1) is 9.20. The predicted octanol–water partition coefficient (Wildman–Crippen LogP) is 3.79. The van der Waals surface area contributed by atoms with Gasteiger partial charge in [0.05, 0.1) is 12.8 Å². The van der Waals surface area contributed by atoms with Gasteiger partial charge >= 0.3 is 0 Å². The van der Waals surface area contributed by atoms with Crippen LogP contribution in [0.3, 0.4) is 0 Å². The van der Waals surface area contributed by atoms with Gasteiger partial charge in [-0.25, -0.2) is 0 Å². The van der Waals surface area contributed by atoms with E-state index in [1.165, 1.54) is 5.56 Å². The first kappa shape index (κ1) is 13.4. The Kier molecular flexibility index (Phi) is 4.39. The number of ether oxygens (including phenoxy) is 2. The molecule has 3 nitrogen and oxygen atoms in total. The minimum Gasteiger partial charge on any atom is -0.497 e. The third-order valence-electron chi connectivity index (χ3n) is 2.94. The normalized spacial score (nSPS) is 10.5. The summed E-state index contributed by atoms with van der Waals surface area (Å²) in [7, 11) is 1.65. The molecule has 3 heteroatoms. The average molecular weight is 257 g/mol. The Labute approximate surface area is 114 Å². The van der Waals surface area contributed by atoms with E-state index >= 15 is 0 Å². The summed E-state index contributed by atoms with van der Waals surface area (Å²) in [6, 6.07) is 11.8. The fourth-order valence-corrected chi connectivity index (χ4v) is 1.90. The van der Waals surface area contributed by atoms with E-state index < -0.39 is 0 Å². The highest BCUT2D eigenvalue weighted by Crippen LogP contribution is 2.26. The number of benzene rings is 1. The van der Waals surface area contributed by atoms with Crippen molar-refractivity contribution >= 4 is 0 Å². The van der Waals surface area contributed by atoms with Crippen molar-refractivity contribution in [2.75, 3.05) is 7.11 Å². The largest absolute Gasteiger partial charge is 0.497 e. The molecular formula is C16H19NO2. The van der Waals surface area contributed by atoms with Gasteiger partial charge in [-0.1, -0.05) is 32.0 Å². The van der Waals surface area contributed by atoms with Crippen LogP contribution in [0.2, 0.25) is 0 Å². The number of rotatable bonds is 5. The number of para-hydroxylation sites is 1. The third kappa shape index (κ3) is 3.47. The molecule has 0 radical (unpaired) electrons. The quantitative estimate of drug-likeness (QED) is 0.816. The Hall–Kier alpha value is -2.03. The van der Waals surface area contributed by atoms with E-state index in [0.717, 1.165) is 17.2 Å². The minimum absolute atomic E-state index is 0.439. The maximum Gasteiger partial charge on any atom is 0.130 e. The van der Waals surface area contributed by atoms with Crippen LogP contribution in [0.25, 0.3) is 0 Å². The van der Waals surface area contributed by atoms with E-state index in [2.05, 4.69) is 24.9 Å². The first-order valence-corrected chi connectivity index (χ1v) is 6.41. The van der Waals surface area contributed by atoms with E-state index in [0.29, 0.717) is 12.5 Å². The van der Waals surface area contributed by atoms with Crippen LogP contribution in [0.1, 0.15) is 31.0 Å². The summed E-state index contributed by atoms with van der Waals surface area (Å²) < 4.78 is 11.0. The van der Waals surface area contributed by atoms with Gasteiger partial charge in [0.25, 0.3) is 0 Å². The van der Waals surface area contributed by atoms with Gasteiger partial charge in [-0.15, -0.1) is 0 Å². The molecule has 2 rings (SSSR count). The van der Waals surface area contributed by atoms with Crippen LogP contribution in [0, 0.1) is 0 Å². The molecule has 2 aromatic rings. The van der Waals surface area contributed by atoms with Crippen LogP contribution < -0.4 is 9.47 Å². The van der Waals surface area contributed by atoms with Gasteiger partial charge in [-0.05, 0) is 23.6 Å². The van der Waals surface area contributed by atoms with Gasteiger partial charge in [0, 0.05) is 12.3 Å².